The summed E-state index contributed by atoms with van der Waals surface area (Å²) >= 11 is 7.15. The Morgan fingerprint density at radius 1 is 1.38 bits per heavy atom. The molecule has 21 heavy (non-hydrogen) atoms. The number of carbonyl (C=O) groups is 1. The van der Waals surface area contributed by atoms with Crippen molar-refractivity contribution in [2.24, 2.45) is 5.84 Å². The van der Waals surface area contributed by atoms with Crippen molar-refractivity contribution in [2.75, 3.05) is 5.43 Å². The van der Waals surface area contributed by atoms with E-state index >= 15 is 0 Å². The third-order valence-electron chi connectivity index (χ3n) is 2.67. The highest BCUT2D eigenvalue weighted by Crippen LogP contribution is 2.23. The maximum Gasteiger partial charge on any atom is 0.270 e. The van der Waals surface area contributed by atoms with E-state index in [1.807, 2.05) is 0 Å². The minimum Gasteiger partial charge on any atom is -0.347 e. The molecule has 0 saturated carbocycles. The summed E-state index contributed by atoms with van der Waals surface area (Å²) in [6.45, 7) is 0.281. The minimum absolute atomic E-state index is 0.106. The van der Waals surface area contributed by atoms with E-state index in [2.05, 4.69) is 10.7 Å². The molecule has 0 aliphatic carbocycles. The molecule has 0 unspecified atom stereocenters. The summed E-state index contributed by atoms with van der Waals surface area (Å²) in [5, 5.41) is 13.4. The Kier molecular flexibility index (Phi) is 4.73. The van der Waals surface area contributed by atoms with Gasteiger partial charge in [0.25, 0.3) is 11.6 Å². The summed E-state index contributed by atoms with van der Waals surface area (Å²) in [5.74, 6) is 4.85. The van der Waals surface area contributed by atoms with Gasteiger partial charge in [-0.3, -0.25) is 20.8 Å². The highest BCUT2D eigenvalue weighted by molar-refractivity contribution is 7.16. The number of thiophene rings is 1. The number of benzene rings is 1. The van der Waals surface area contributed by atoms with Crippen LogP contribution in [0.2, 0.25) is 4.34 Å². The quantitative estimate of drug-likeness (QED) is 0.444. The molecule has 1 aromatic carbocycles. The number of nitrogen functional groups attached to an aromatic ring is 1. The number of nitrogens with two attached hydrogens (primary N) is 1. The first kappa shape index (κ1) is 15.2. The summed E-state index contributed by atoms with van der Waals surface area (Å²) in [7, 11) is 0. The summed E-state index contributed by atoms with van der Waals surface area (Å²) in [6, 6.07) is 7.35. The van der Waals surface area contributed by atoms with Crippen LogP contribution in [-0.2, 0) is 6.54 Å². The second-order valence-corrected chi connectivity index (χ2v) is 5.82. The van der Waals surface area contributed by atoms with E-state index in [1.54, 1.807) is 12.1 Å². The zero-order valence-corrected chi connectivity index (χ0v) is 12.2. The number of halogens is 1. The molecule has 2 rings (SSSR count). The normalized spacial score (nSPS) is 10.2. The second kappa shape index (κ2) is 6.53. The van der Waals surface area contributed by atoms with Crippen LogP contribution in [0.1, 0.15) is 15.2 Å². The Bertz CT molecular complexity index is 689. The molecular weight excluding hydrogens is 316 g/mol. The number of hydrazine groups is 1. The average molecular weight is 327 g/mol. The SMILES string of the molecule is NNc1ccc([N+](=O)[O-])cc1C(=O)NCc1ccc(Cl)s1. The van der Waals surface area contributed by atoms with Gasteiger partial charge < -0.3 is 10.7 Å². The van der Waals surface area contributed by atoms with Gasteiger partial charge in [-0.25, -0.2) is 0 Å². The Morgan fingerprint density at radius 2 is 2.14 bits per heavy atom. The highest BCUT2D eigenvalue weighted by Gasteiger charge is 2.16. The molecule has 0 aliphatic heterocycles. The van der Waals surface area contributed by atoms with Crippen LogP contribution in [0.3, 0.4) is 0 Å². The van der Waals surface area contributed by atoms with Gasteiger partial charge in [-0.05, 0) is 18.2 Å². The van der Waals surface area contributed by atoms with Crippen LogP contribution in [-0.4, -0.2) is 10.8 Å². The first-order valence-corrected chi connectivity index (χ1v) is 6.98. The molecular formula is C12H11ClN4O3S. The van der Waals surface area contributed by atoms with E-state index in [4.69, 9.17) is 17.4 Å². The Balaban J connectivity index is 2.17. The number of nitro groups is 1. The van der Waals surface area contributed by atoms with Crippen LogP contribution in [0.15, 0.2) is 30.3 Å². The number of nitrogens with zero attached hydrogens (tertiary/aromatic N) is 1. The molecule has 110 valence electrons. The number of hydrogen-bond acceptors (Lipinski definition) is 6. The lowest BCUT2D eigenvalue weighted by molar-refractivity contribution is -0.384. The van der Waals surface area contributed by atoms with Crippen molar-refractivity contribution in [3.63, 3.8) is 0 Å². The van der Waals surface area contributed by atoms with Gasteiger partial charge in [0.1, 0.15) is 0 Å². The van der Waals surface area contributed by atoms with Crippen LogP contribution in [0.5, 0.6) is 0 Å². The number of nitro benzene ring substituents is 1. The number of amides is 1. The number of carbonyl (C=O) groups excluding carboxylic acids is 1. The van der Waals surface area contributed by atoms with E-state index in [0.29, 0.717) is 10.0 Å². The molecule has 0 aliphatic rings. The predicted octanol–water partition coefficient (Wildman–Crippen LogP) is 2.53. The number of hydrogen-bond donors (Lipinski definition) is 3. The molecule has 1 aromatic heterocycles. The van der Waals surface area contributed by atoms with Crippen molar-refractivity contribution >= 4 is 40.2 Å². The molecule has 0 radical (unpaired) electrons. The van der Waals surface area contributed by atoms with Gasteiger partial charge in [0, 0.05) is 17.0 Å². The van der Waals surface area contributed by atoms with E-state index in [9.17, 15) is 14.9 Å². The average Bonchev–Trinajstić information content (AvgIpc) is 2.89. The fourth-order valence-corrected chi connectivity index (χ4v) is 2.70. The standard InChI is InChI=1S/C12H11ClN4O3S/c13-11-4-2-8(21-11)6-15-12(18)9-5-7(17(19)20)1-3-10(9)16-14/h1-5,16H,6,14H2,(H,15,18). The van der Waals surface area contributed by atoms with E-state index in [0.717, 1.165) is 4.88 Å². The lowest BCUT2D eigenvalue weighted by atomic mass is 10.1. The second-order valence-electron chi connectivity index (χ2n) is 4.02. The van der Waals surface area contributed by atoms with Crippen molar-refractivity contribution in [1.82, 2.24) is 5.32 Å². The molecule has 1 heterocycles. The van der Waals surface area contributed by atoms with Crippen molar-refractivity contribution in [3.8, 4) is 0 Å². The first-order valence-electron chi connectivity index (χ1n) is 5.78. The van der Waals surface area contributed by atoms with Gasteiger partial charge in [0.05, 0.1) is 27.1 Å². The van der Waals surface area contributed by atoms with Crippen molar-refractivity contribution < 1.29 is 9.72 Å². The predicted molar refractivity (Wildman–Crippen MR) is 81.4 cm³/mol. The van der Waals surface area contributed by atoms with Gasteiger partial charge in [-0.15, -0.1) is 11.3 Å². The minimum atomic E-state index is -0.573. The lowest BCUT2D eigenvalue weighted by Crippen LogP contribution is -2.24. The Morgan fingerprint density at radius 3 is 2.71 bits per heavy atom. The van der Waals surface area contributed by atoms with Crippen LogP contribution >= 0.6 is 22.9 Å². The van der Waals surface area contributed by atoms with Crippen molar-refractivity contribution in [2.45, 2.75) is 6.54 Å². The molecule has 9 heteroatoms. The largest absolute Gasteiger partial charge is 0.347 e. The smallest absolute Gasteiger partial charge is 0.270 e. The zero-order chi connectivity index (χ0) is 15.4. The van der Waals surface area contributed by atoms with Gasteiger partial charge in [-0.2, -0.15) is 0 Å². The van der Waals surface area contributed by atoms with Crippen LogP contribution in [0.4, 0.5) is 11.4 Å². The van der Waals surface area contributed by atoms with E-state index in [1.165, 1.54) is 29.5 Å². The summed E-state index contributed by atoms with van der Waals surface area (Å²) < 4.78 is 0.624. The van der Waals surface area contributed by atoms with Crippen LogP contribution in [0, 0.1) is 10.1 Å². The summed E-state index contributed by atoms with van der Waals surface area (Å²) in [5.41, 5.74) is 2.57. The molecule has 0 spiro atoms. The zero-order valence-electron chi connectivity index (χ0n) is 10.6. The maximum absolute atomic E-state index is 12.1. The molecule has 4 N–H and O–H groups in total. The van der Waals surface area contributed by atoms with Gasteiger partial charge in [0.15, 0.2) is 0 Å². The number of rotatable bonds is 5. The summed E-state index contributed by atoms with van der Waals surface area (Å²) in [6.07, 6.45) is 0. The molecule has 0 bridgehead atoms. The molecule has 7 nitrogen and oxygen atoms in total. The molecule has 2 aromatic rings. The van der Waals surface area contributed by atoms with E-state index in [-0.39, 0.29) is 17.8 Å². The maximum atomic E-state index is 12.1. The highest BCUT2D eigenvalue weighted by atomic mass is 35.5. The number of nitrogens with one attached hydrogen (secondary N) is 2. The monoisotopic (exact) mass is 326 g/mol. The third kappa shape index (κ3) is 3.69. The fourth-order valence-electron chi connectivity index (χ4n) is 1.67. The van der Waals surface area contributed by atoms with Gasteiger partial charge in [-0.1, -0.05) is 11.6 Å². The molecule has 0 atom stereocenters. The van der Waals surface area contributed by atoms with E-state index < -0.39 is 10.8 Å². The molecule has 1 amide bonds. The van der Waals surface area contributed by atoms with Gasteiger partial charge in [0.2, 0.25) is 0 Å². The number of anilines is 1. The topological polar surface area (TPSA) is 110 Å². The van der Waals surface area contributed by atoms with Crippen LogP contribution < -0.4 is 16.6 Å². The Labute approximate surface area is 128 Å². The van der Waals surface area contributed by atoms with Crippen LogP contribution in [0.25, 0.3) is 0 Å². The number of non-ortho nitro benzene ring substituents is 1. The van der Waals surface area contributed by atoms with Crippen molar-refractivity contribution in [3.05, 3.63) is 55.2 Å². The fraction of sp³-hybridized carbons (Fsp3) is 0.0833. The summed E-state index contributed by atoms with van der Waals surface area (Å²) in [4.78, 5) is 23.2. The van der Waals surface area contributed by atoms with Crippen molar-refractivity contribution in [1.29, 1.82) is 0 Å². The lowest BCUT2D eigenvalue weighted by Gasteiger charge is -2.09. The first-order chi connectivity index (χ1) is 10.0. The van der Waals surface area contributed by atoms with Gasteiger partial charge >= 0.3 is 0 Å². The Hall–Kier alpha value is -2.16. The molecule has 0 saturated heterocycles. The molecule has 0 fully saturated rings. The third-order valence-corrected chi connectivity index (χ3v) is 3.90.